The van der Waals surface area contributed by atoms with Crippen LogP contribution in [0.15, 0.2) is 29.4 Å². The number of nitrogens with one attached hydrogen (secondary N) is 2. The first-order valence-electron chi connectivity index (χ1n) is 9.42. The van der Waals surface area contributed by atoms with Crippen LogP contribution in [0.25, 0.3) is 5.65 Å². The summed E-state index contributed by atoms with van der Waals surface area (Å²) in [7, 11) is 1.42. The van der Waals surface area contributed by atoms with Crippen LogP contribution in [0.2, 0.25) is 0 Å². The summed E-state index contributed by atoms with van der Waals surface area (Å²) in [6.45, 7) is 6.79. The highest BCUT2D eigenvalue weighted by molar-refractivity contribution is 5.80. The van der Waals surface area contributed by atoms with Crippen LogP contribution in [0.1, 0.15) is 31.2 Å². The van der Waals surface area contributed by atoms with Gasteiger partial charge in [-0.15, -0.1) is 0 Å². The molecule has 0 spiro atoms. The van der Waals surface area contributed by atoms with E-state index in [9.17, 15) is 4.79 Å². The van der Waals surface area contributed by atoms with Crippen molar-refractivity contribution in [3.63, 3.8) is 0 Å². The molecule has 8 heteroatoms. The number of nitrogens with zero attached hydrogens (tertiary/aromatic N) is 4. The molecule has 0 saturated carbocycles. The number of methoxy groups -OCH3 is 1. The van der Waals surface area contributed by atoms with Gasteiger partial charge in [-0.3, -0.25) is 0 Å². The van der Waals surface area contributed by atoms with Crippen molar-refractivity contribution in [2.24, 2.45) is 4.99 Å². The summed E-state index contributed by atoms with van der Waals surface area (Å²) in [5.41, 5.74) is 3.02. The van der Waals surface area contributed by atoms with Crippen molar-refractivity contribution in [1.29, 1.82) is 0 Å². The van der Waals surface area contributed by atoms with Gasteiger partial charge in [-0.1, -0.05) is 6.07 Å². The molecule has 0 aromatic carbocycles. The largest absolute Gasteiger partial charge is 0.453 e. The Hall–Kier alpha value is -2.77. The number of amides is 1. The second kappa shape index (κ2) is 8.75. The van der Waals surface area contributed by atoms with Crippen LogP contribution in [0.4, 0.5) is 4.79 Å². The lowest BCUT2D eigenvalue weighted by molar-refractivity contribution is 0.111. The van der Waals surface area contributed by atoms with Crippen LogP contribution in [0.5, 0.6) is 0 Å². The molecular formula is C19H28N6O2. The van der Waals surface area contributed by atoms with Crippen molar-refractivity contribution in [3.05, 3.63) is 35.8 Å². The van der Waals surface area contributed by atoms with Crippen molar-refractivity contribution < 1.29 is 9.53 Å². The molecule has 146 valence electrons. The number of hydrogen-bond donors (Lipinski definition) is 2. The first-order valence-corrected chi connectivity index (χ1v) is 9.42. The molecule has 0 radical (unpaired) electrons. The maximum Gasteiger partial charge on any atom is 0.409 e. The van der Waals surface area contributed by atoms with Gasteiger partial charge in [0.2, 0.25) is 0 Å². The number of aliphatic imine (C=N–C) groups is 1. The summed E-state index contributed by atoms with van der Waals surface area (Å²) in [6, 6.07) is 6.36. The summed E-state index contributed by atoms with van der Waals surface area (Å²) in [5, 5.41) is 6.76. The molecular weight excluding hydrogens is 344 g/mol. The summed E-state index contributed by atoms with van der Waals surface area (Å²) >= 11 is 0. The number of rotatable bonds is 4. The molecule has 1 aliphatic heterocycles. The van der Waals surface area contributed by atoms with E-state index in [1.54, 1.807) is 4.90 Å². The predicted molar refractivity (Wildman–Crippen MR) is 105 cm³/mol. The Morgan fingerprint density at radius 1 is 1.37 bits per heavy atom. The second-order valence-corrected chi connectivity index (χ2v) is 6.70. The molecule has 1 saturated heterocycles. The van der Waals surface area contributed by atoms with Gasteiger partial charge in [-0.05, 0) is 38.8 Å². The highest BCUT2D eigenvalue weighted by Crippen LogP contribution is 2.12. The van der Waals surface area contributed by atoms with Gasteiger partial charge < -0.3 is 24.7 Å². The fourth-order valence-corrected chi connectivity index (χ4v) is 3.28. The summed E-state index contributed by atoms with van der Waals surface area (Å²) < 4.78 is 6.86. The topological polar surface area (TPSA) is 83.3 Å². The molecule has 2 N–H and O–H groups in total. The van der Waals surface area contributed by atoms with Gasteiger partial charge in [0, 0.05) is 37.6 Å². The Morgan fingerprint density at radius 2 is 2.15 bits per heavy atom. The molecule has 1 amide bonds. The predicted octanol–water partition coefficient (Wildman–Crippen LogP) is 1.93. The van der Waals surface area contributed by atoms with E-state index in [1.165, 1.54) is 7.11 Å². The molecule has 3 heterocycles. The number of hydrogen-bond acceptors (Lipinski definition) is 4. The molecule has 8 nitrogen and oxygen atoms in total. The Kier molecular flexibility index (Phi) is 6.16. The maximum atomic E-state index is 11.6. The van der Waals surface area contributed by atoms with Gasteiger partial charge in [0.1, 0.15) is 5.65 Å². The number of guanidine groups is 1. The molecule has 0 aliphatic carbocycles. The lowest BCUT2D eigenvalue weighted by atomic mass is 10.1. The Balaban J connectivity index is 1.61. The summed E-state index contributed by atoms with van der Waals surface area (Å²) in [6.07, 6.45) is 3.52. The van der Waals surface area contributed by atoms with E-state index in [1.807, 2.05) is 25.3 Å². The lowest BCUT2D eigenvalue weighted by Crippen LogP contribution is -2.49. The molecule has 0 bridgehead atoms. The number of aromatic nitrogens is 2. The number of ether oxygens (including phenoxy) is 1. The minimum Gasteiger partial charge on any atom is -0.453 e. The normalized spacial score (nSPS) is 15.8. The van der Waals surface area contributed by atoms with Crippen molar-refractivity contribution in [2.75, 3.05) is 26.7 Å². The number of carbonyl (C=O) groups is 1. The molecule has 0 atom stereocenters. The van der Waals surface area contributed by atoms with Crippen molar-refractivity contribution in [2.45, 2.75) is 39.3 Å². The van der Waals surface area contributed by atoms with E-state index in [0.29, 0.717) is 19.6 Å². The molecule has 27 heavy (non-hydrogen) atoms. The zero-order chi connectivity index (χ0) is 19.2. The SMILES string of the molecule is CCNC(=NCc1cn2c(C)cccc2n1)NC1CCN(C(=O)OC)CC1. The van der Waals surface area contributed by atoms with Crippen molar-refractivity contribution >= 4 is 17.7 Å². The van der Waals surface area contributed by atoms with Crippen LogP contribution in [-0.4, -0.2) is 59.1 Å². The average molecular weight is 372 g/mol. The monoisotopic (exact) mass is 372 g/mol. The number of piperidine rings is 1. The average Bonchev–Trinajstić information content (AvgIpc) is 3.11. The van der Waals surface area contributed by atoms with Crippen LogP contribution >= 0.6 is 0 Å². The highest BCUT2D eigenvalue weighted by atomic mass is 16.5. The van der Waals surface area contributed by atoms with Crippen LogP contribution < -0.4 is 10.6 Å². The molecule has 3 rings (SSSR count). The highest BCUT2D eigenvalue weighted by Gasteiger charge is 2.23. The smallest absolute Gasteiger partial charge is 0.409 e. The minimum absolute atomic E-state index is 0.254. The zero-order valence-electron chi connectivity index (χ0n) is 16.2. The Bertz CT molecular complexity index is 808. The van der Waals surface area contributed by atoms with Crippen LogP contribution in [0, 0.1) is 6.92 Å². The third-order valence-electron chi connectivity index (χ3n) is 4.76. The van der Waals surface area contributed by atoms with Gasteiger partial charge in [-0.2, -0.15) is 0 Å². The summed E-state index contributed by atoms with van der Waals surface area (Å²) in [4.78, 5) is 22.7. The number of likely N-dealkylation sites (tertiary alicyclic amines) is 1. The third-order valence-corrected chi connectivity index (χ3v) is 4.76. The zero-order valence-corrected chi connectivity index (χ0v) is 16.2. The number of fused-ring (bicyclic) bond motifs is 1. The van der Waals surface area contributed by atoms with Crippen LogP contribution in [0.3, 0.4) is 0 Å². The fourth-order valence-electron chi connectivity index (χ4n) is 3.28. The number of aryl methyl sites for hydroxylation is 1. The first kappa shape index (κ1) is 19.0. The quantitative estimate of drug-likeness (QED) is 0.633. The van der Waals surface area contributed by atoms with E-state index < -0.39 is 0 Å². The van der Waals surface area contributed by atoms with E-state index in [0.717, 1.165) is 42.4 Å². The number of pyridine rings is 1. The molecule has 0 unspecified atom stereocenters. The Labute approximate surface area is 159 Å². The van der Waals surface area contributed by atoms with E-state index in [2.05, 4.69) is 38.0 Å². The van der Waals surface area contributed by atoms with Gasteiger partial charge in [0.15, 0.2) is 5.96 Å². The lowest BCUT2D eigenvalue weighted by Gasteiger charge is -2.32. The molecule has 2 aromatic heterocycles. The van der Waals surface area contributed by atoms with Gasteiger partial charge in [0.25, 0.3) is 0 Å². The van der Waals surface area contributed by atoms with E-state index in [4.69, 9.17) is 4.74 Å². The number of carbonyl (C=O) groups excluding carboxylic acids is 1. The fraction of sp³-hybridized carbons (Fsp3) is 0.526. The van der Waals surface area contributed by atoms with Crippen LogP contribution in [-0.2, 0) is 11.3 Å². The van der Waals surface area contributed by atoms with E-state index >= 15 is 0 Å². The third kappa shape index (κ3) is 4.69. The number of imidazole rings is 1. The maximum absolute atomic E-state index is 11.6. The second-order valence-electron chi connectivity index (χ2n) is 6.70. The van der Waals surface area contributed by atoms with Crippen molar-refractivity contribution in [1.82, 2.24) is 24.9 Å². The Morgan fingerprint density at radius 3 is 2.81 bits per heavy atom. The molecule has 1 aliphatic rings. The standard InChI is InChI=1S/C19H28N6O2/c1-4-20-18(23-15-8-10-24(11-9-15)19(26)27-3)21-12-16-13-25-14(2)6-5-7-17(25)22-16/h5-7,13,15H,4,8-12H2,1-3H3,(H2,20,21,23). The van der Waals surface area contributed by atoms with Crippen molar-refractivity contribution in [3.8, 4) is 0 Å². The molecule has 2 aromatic rings. The molecule has 1 fully saturated rings. The van der Waals surface area contributed by atoms with Gasteiger partial charge in [0.05, 0.1) is 19.3 Å². The van der Waals surface area contributed by atoms with Gasteiger partial charge >= 0.3 is 6.09 Å². The van der Waals surface area contributed by atoms with Gasteiger partial charge in [-0.25, -0.2) is 14.8 Å². The summed E-state index contributed by atoms with van der Waals surface area (Å²) in [5.74, 6) is 0.780. The van der Waals surface area contributed by atoms with E-state index in [-0.39, 0.29) is 12.1 Å². The first-order chi connectivity index (χ1) is 13.1. The minimum atomic E-state index is -0.254.